The Hall–Kier alpha value is -2.78. The van der Waals surface area contributed by atoms with Crippen LogP contribution >= 0.6 is 34.8 Å². The molecular weight excluding hydrogens is 593 g/mol. The third kappa shape index (κ3) is 7.29. The van der Waals surface area contributed by atoms with Gasteiger partial charge in [0.2, 0.25) is 11.8 Å². The van der Waals surface area contributed by atoms with E-state index in [4.69, 9.17) is 34.8 Å². The van der Waals surface area contributed by atoms with Crippen LogP contribution in [0.5, 0.6) is 0 Å². The molecule has 0 fully saturated rings. The monoisotopic (exact) mass is 623 g/mol. The van der Waals surface area contributed by atoms with Crippen LogP contribution < -0.4 is 9.62 Å². The van der Waals surface area contributed by atoms with Crippen LogP contribution in [0.3, 0.4) is 0 Å². The second-order valence-corrected chi connectivity index (χ2v) is 12.9. The zero-order chi connectivity index (χ0) is 29.8. The summed E-state index contributed by atoms with van der Waals surface area (Å²) in [6, 6.07) is 15.0. The minimum atomic E-state index is -4.22. The van der Waals surface area contributed by atoms with E-state index >= 15 is 0 Å². The van der Waals surface area contributed by atoms with E-state index in [1.165, 1.54) is 17.0 Å². The number of amides is 2. The van der Waals surface area contributed by atoms with Gasteiger partial charge in [0.25, 0.3) is 10.0 Å². The van der Waals surface area contributed by atoms with Gasteiger partial charge in [-0.3, -0.25) is 13.9 Å². The quantitative estimate of drug-likeness (QED) is 0.283. The fourth-order valence-electron chi connectivity index (χ4n) is 4.06. The molecular formula is C29H32Cl3N3O4S. The lowest BCUT2D eigenvalue weighted by molar-refractivity contribution is -0.139. The second-order valence-electron chi connectivity index (χ2n) is 9.77. The van der Waals surface area contributed by atoms with E-state index in [1.807, 2.05) is 6.92 Å². The van der Waals surface area contributed by atoms with Gasteiger partial charge >= 0.3 is 0 Å². The van der Waals surface area contributed by atoms with Crippen LogP contribution in [0.4, 0.5) is 5.69 Å². The zero-order valence-electron chi connectivity index (χ0n) is 22.9. The highest BCUT2D eigenvalue weighted by molar-refractivity contribution is 7.92. The first-order valence-electron chi connectivity index (χ1n) is 12.6. The summed E-state index contributed by atoms with van der Waals surface area (Å²) in [5.41, 5.74) is 2.05. The lowest BCUT2D eigenvalue weighted by Gasteiger charge is -2.33. The van der Waals surface area contributed by atoms with Gasteiger partial charge in [-0.25, -0.2) is 8.42 Å². The maximum absolute atomic E-state index is 14.0. The molecule has 0 radical (unpaired) electrons. The molecule has 214 valence electrons. The van der Waals surface area contributed by atoms with Crippen LogP contribution in [-0.2, 0) is 26.2 Å². The van der Waals surface area contributed by atoms with Crippen molar-refractivity contribution in [2.75, 3.05) is 10.8 Å². The normalized spacial score (nSPS) is 12.2. The fraction of sp³-hybridized carbons (Fsp3) is 0.310. The third-order valence-corrected chi connectivity index (χ3v) is 9.28. The van der Waals surface area contributed by atoms with E-state index in [0.29, 0.717) is 26.2 Å². The Labute approximate surface area is 251 Å². The lowest BCUT2D eigenvalue weighted by atomic mass is 10.1. The molecule has 0 saturated carbocycles. The summed E-state index contributed by atoms with van der Waals surface area (Å²) in [7, 11) is -4.22. The van der Waals surface area contributed by atoms with Crippen molar-refractivity contribution in [2.45, 2.75) is 58.1 Å². The summed E-state index contributed by atoms with van der Waals surface area (Å²) in [5.74, 6) is -1.03. The van der Waals surface area contributed by atoms with Gasteiger partial charge < -0.3 is 10.2 Å². The summed E-state index contributed by atoms with van der Waals surface area (Å²) >= 11 is 19.2. The van der Waals surface area contributed by atoms with Crippen molar-refractivity contribution < 1.29 is 18.0 Å². The molecule has 40 heavy (non-hydrogen) atoms. The molecule has 1 atom stereocenters. The number of halogens is 3. The number of hydrogen-bond acceptors (Lipinski definition) is 4. The standard InChI is InChI=1S/C29H32Cl3N3O4S/c1-18(2)33-29(37)21(5)34(16-23-25(31)9-6-10-26(23)32)28(36)17-35(27-11-7-8-24(30)20(27)4)40(38,39)22-14-12-19(3)13-15-22/h6-15,18,21H,16-17H2,1-5H3,(H,33,37)/t21-/m0/s1. The number of sulfonamides is 1. The van der Waals surface area contributed by atoms with Gasteiger partial charge in [-0.2, -0.15) is 0 Å². The molecule has 11 heteroatoms. The summed E-state index contributed by atoms with van der Waals surface area (Å²) in [5, 5.41) is 3.79. The number of nitrogens with one attached hydrogen (secondary N) is 1. The van der Waals surface area contributed by atoms with Crippen molar-refractivity contribution >= 4 is 62.3 Å². The van der Waals surface area contributed by atoms with Gasteiger partial charge in [0, 0.05) is 33.2 Å². The molecule has 0 unspecified atom stereocenters. The van der Waals surface area contributed by atoms with Crippen molar-refractivity contribution in [3.05, 3.63) is 92.4 Å². The molecule has 7 nitrogen and oxygen atoms in total. The van der Waals surface area contributed by atoms with Gasteiger partial charge in [-0.15, -0.1) is 0 Å². The zero-order valence-corrected chi connectivity index (χ0v) is 26.0. The van der Waals surface area contributed by atoms with Crippen molar-refractivity contribution in [2.24, 2.45) is 0 Å². The topological polar surface area (TPSA) is 86.8 Å². The van der Waals surface area contributed by atoms with Crippen LogP contribution in [0.1, 0.15) is 37.5 Å². The van der Waals surface area contributed by atoms with E-state index in [0.717, 1.165) is 9.87 Å². The summed E-state index contributed by atoms with van der Waals surface area (Å²) < 4.78 is 29.0. The first-order chi connectivity index (χ1) is 18.7. The van der Waals surface area contributed by atoms with Gasteiger partial charge in [0.05, 0.1) is 10.6 Å². The number of aryl methyl sites for hydroxylation is 1. The molecule has 0 bridgehead atoms. The molecule has 0 spiro atoms. The summed E-state index contributed by atoms with van der Waals surface area (Å²) in [6.07, 6.45) is 0. The van der Waals surface area contributed by atoms with E-state index < -0.39 is 34.4 Å². The van der Waals surface area contributed by atoms with Crippen LogP contribution in [0.2, 0.25) is 15.1 Å². The Kier molecular flexibility index (Phi) is 10.5. The Bertz CT molecular complexity index is 1470. The number of anilines is 1. The number of hydrogen-bond donors (Lipinski definition) is 1. The van der Waals surface area contributed by atoms with Crippen molar-refractivity contribution in [1.29, 1.82) is 0 Å². The predicted molar refractivity (Wildman–Crippen MR) is 162 cm³/mol. The van der Waals surface area contributed by atoms with E-state index in [-0.39, 0.29) is 23.2 Å². The summed E-state index contributed by atoms with van der Waals surface area (Å²) in [4.78, 5) is 28.4. The van der Waals surface area contributed by atoms with Gasteiger partial charge in [0.15, 0.2) is 0 Å². The number of benzene rings is 3. The number of carbonyl (C=O) groups excluding carboxylic acids is 2. The molecule has 0 aliphatic rings. The Morgan fingerprint density at radius 2 is 1.40 bits per heavy atom. The first kappa shape index (κ1) is 31.7. The Morgan fingerprint density at radius 1 is 0.850 bits per heavy atom. The molecule has 0 aromatic heterocycles. The number of carbonyl (C=O) groups is 2. The number of rotatable bonds is 10. The van der Waals surface area contributed by atoms with Crippen LogP contribution in [-0.4, -0.2) is 43.8 Å². The highest BCUT2D eigenvalue weighted by Crippen LogP contribution is 2.32. The molecule has 0 aliphatic carbocycles. The lowest BCUT2D eigenvalue weighted by Crippen LogP contribution is -2.52. The van der Waals surface area contributed by atoms with Crippen LogP contribution in [0.15, 0.2) is 65.6 Å². The van der Waals surface area contributed by atoms with Crippen LogP contribution in [0, 0.1) is 13.8 Å². The van der Waals surface area contributed by atoms with Crippen molar-refractivity contribution in [3.8, 4) is 0 Å². The molecule has 1 N–H and O–H groups in total. The molecule has 3 aromatic carbocycles. The second kappa shape index (κ2) is 13.3. The van der Waals surface area contributed by atoms with E-state index in [1.54, 1.807) is 76.2 Å². The van der Waals surface area contributed by atoms with Crippen molar-refractivity contribution in [1.82, 2.24) is 10.2 Å². The minimum Gasteiger partial charge on any atom is -0.352 e. The third-order valence-electron chi connectivity index (χ3n) is 6.38. The van der Waals surface area contributed by atoms with E-state index in [2.05, 4.69) is 5.32 Å². The Balaban J connectivity index is 2.11. The largest absolute Gasteiger partial charge is 0.352 e. The number of nitrogens with zero attached hydrogens (tertiary/aromatic N) is 2. The fourth-order valence-corrected chi connectivity index (χ4v) is 6.22. The highest BCUT2D eigenvalue weighted by Gasteiger charge is 2.34. The molecule has 3 rings (SSSR count). The van der Waals surface area contributed by atoms with Crippen LogP contribution in [0.25, 0.3) is 0 Å². The molecule has 0 aliphatic heterocycles. The highest BCUT2D eigenvalue weighted by atomic mass is 35.5. The maximum atomic E-state index is 14.0. The molecule has 3 aromatic rings. The average Bonchev–Trinajstić information content (AvgIpc) is 2.88. The summed E-state index contributed by atoms with van der Waals surface area (Å²) in [6.45, 7) is 8.00. The van der Waals surface area contributed by atoms with E-state index in [9.17, 15) is 18.0 Å². The maximum Gasteiger partial charge on any atom is 0.264 e. The SMILES string of the molecule is Cc1ccc(S(=O)(=O)N(CC(=O)N(Cc2c(Cl)cccc2Cl)[C@@H](C)C(=O)NC(C)C)c2cccc(Cl)c2C)cc1. The van der Waals surface area contributed by atoms with Gasteiger partial charge in [-0.1, -0.05) is 64.6 Å². The molecule has 0 saturated heterocycles. The smallest absolute Gasteiger partial charge is 0.264 e. The van der Waals surface area contributed by atoms with Crippen molar-refractivity contribution in [3.63, 3.8) is 0 Å². The molecule has 0 heterocycles. The van der Waals surface area contributed by atoms with Gasteiger partial charge in [0.1, 0.15) is 12.6 Å². The first-order valence-corrected chi connectivity index (χ1v) is 15.2. The average molecular weight is 625 g/mol. The predicted octanol–water partition coefficient (Wildman–Crippen LogP) is 6.40. The van der Waals surface area contributed by atoms with Gasteiger partial charge in [-0.05, 0) is 76.6 Å². The molecule has 2 amide bonds. The Morgan fingerprint density at radius 3 is 1.98 bits per heavy atom. The minimum absolute atomic E-state index is 0.0107.